The Morgan fingerprint density at radius 3 is 2.92 bits per heavy atom. The lowest BCUT2D eigenvalue weighted by Gasteiger charge is -2.05. The minimum Gasteiger partial charge on any atom is -0.495 e. The number of aromatic amines is 2. The van der Waals surface area contributed by atoms with E-state index in [0.717, 1.165) is 11.0 Å². The van der Waals surface area contributed by atoms with Gasteiger partial charge >= 0.3 is 0 Å². The quantitative estimate of drug-likeness (QED) is 0.512. The first-order valence-electron chi connectivity index (χ1n) is 7.64. The summed E-state index contributed by atoms with van der Waals surface area (Å²) in [7, 11) is 1.51. The maximum absolute atomic E-state index is 12.4. The molecule has 8 nitrogen and oxygen atoms in total. The van der Waals surface area contributed by atoms with Gasteiger partial charge in [-0.1, -0.05) is 11.6 Å². The molecule has 0 spiro atoms. The topological polar surface area (TPSA) is 109 Å². The van der Waals surface area contributed by atoms with Gasteiger partial charge in [0.2, 0.25) is 0 Å². The Balaban J connectivity index is 1.54. The number of amides is 1. The number of hydrogen-bond donors (Lipinski definition) is 3. The summed E-state index contributed by atoms with van der Waals surface area (Å²) in [6.45, 7) is 0. The number of carbonyl (C=O) groups is 1. The highest BCUT2D eigenvalue weighted by molar-refractivity contribution is 6.32. The van der Waals surface area contributed by atoms with Gasteiger partial charge in [0.25, 0.3) is 5.91 Å². The Morgan fingerprint density at radius 1 is 1.27 bits per heavy atom. The number of benzene rings is 1. The lowest BCUT2D eigenvalue weighted by molar-refractivity contribution is 0.102. The Bertz CT molecular complexity index is 1070. The predicted octanol–water partition coefficient (Wildman–Crippen LogP) is 3.26. The molecule has 4 rings (SSSR count). The molecule has 1 aromatic carbocycles. The van der Waals surface area contributed by atoms with Gasteiger partial charge < -0.3 is 15.0 Å². The van der Waals surface area contributed by atoms with Crippen molar-refractivity contribution >= 4 is 34.4 Å². The van der Waals surface area contributed by atoms with Gasteiger partial charge in [0.05, 0.1) is 29.4 Å². The fourth-order valence-corrected chi connectivity index (χ4v) is 2.75. The highest BCUT2D eigenvalue weighted by Gasteiger charge is 2.13. The monoisotopic (exact) mass is 368 g/mol. The van der Waals surface area contributed by atoms with Crippen LogP contribution in [0.25, 0.3) is 22.6 Å². The van der Waals surface area contributed by atoms with Crippen molar-refractivity contribution in [2.75, 3.05) is 12.4 Å². The lowest BCUT2D eigenvalue weighted by atomic mass is 10.2. The third-order valence-corrected chi connectivity index (χ3v) is 4.07. The number of hydrogen-bond acceptors (Lipinski definition) is 5. The van der Waals surface area contributed by atoms with Crippen LogP contribution in [0.4, 0.5) is 5.82 Å². The van der Waals surface area contributed by atoms with Crippen molar-refractivity contribution in [2.45, 2.75) is 0 Å². The van der Waals surface area contributed by atoms with Gasteiger partial charge in [-0.25, -0.2) is 4.98 Å². The predicted molar refractivity (Wildman–Crippen MR) is 97.4 cm³/mol. The van der Waals surface area contributed by atoms with Crippen LogP contribution >= 0.6 is 11.6 Å². The van der Waals surface area contributed by atoms with E-state index in [1.807, 2.05) is 6.07 Å². The number of aromatic nitrogens is 5. The minimum absolute atomic E-state index is 0.332. The van der Waals surface area contributed by atoms with Crippen LogP contribution in [0.3, 0.4) is 0 Å². The van der Waals surface area contributed by atoms with Crippen LogP contribution in [0.5, 0.6) is 5.75 Å². The smallest absolute Gasteiger partial charge is 0.256 e. The molecule has 3 N–H and O–H groups in total. The van der Waals surface area contributed by atoms with Crippen molar-refractivity contribution in [3.05, 3.63) is 53.3 Å². The molecule has 1 amide bonds. The summed E-state index contributed by atoms with van der Waals surface area (Å²) in [4.78, 5) is 24.0. The maximum Gasteiger partial charge on any atom is 0.256 e. The van der Waals surface area contributed by atoms with Crippen LogP contribution in [-0.2, 0) is 0 Å². The molecule has 4 aromatic rings. The molecule has 9 heteroatoms. The third kappa shape index (κ3) is 2.98. The van der Waals surface area contributed by atoms with Crippen LogP contribution in [0, 0.1) is 0 Å². The summed E-state index contributed by atoms with van der Waals surface area (Å²) in [5.41, 5.74) is 2.65. The molecule has 3 aromatic heterocycles. The maximum atomic E-state index is 12.4. The first-order chi connectivity index (χ1) is 12.6. The zero-order valence-electron chi connectivity index (χ0n) is 13.6. The molecular formula is C17H13ClN6O2. The molecule has 0 fully saturated rings. The Labute approximate surface area is 152 Å². The molecule has 26 heavy (non-hydrogen) atoms. The largest absolute Gasteiger partial charge is 0.495 e. The summed E-state index contributed by atoms with van der Waals surface area (Å²) in [6, 6.07) is 8.29. The molecule has 0 aliphatic carbocycles. The third-order valence-electron chi connectivity index (χ3n) is 3.77. The van der Waals surface area contributed by atoms with Crippen molar-refractivity contribution < 1.29 is 9.53 Å². The average molecular weight is 369 g/mol. The van der Waals surface area contributed by atoms with E-state index in [4.69, 9.17) is 16.3 Å². The van der Waals surface area contributed by atoms with E-state index in [-0.39, 0.29) is 5.91 Å². The van der Waals surface area contributed by atoms with Gasteiger partial charge in [-0.3, -0.25) is 14.9 Å². The first-order valence-corrected chi connectivity index (χ1v) is 8.02. The van der Waals surface area contributed by atoms with Crippen LogP contribution in [0.15, 0.2) is 42.7 Å². The van der Waals surface area contributed by atoms with Crippen molar-refractivity contribution in [3.8, 4) is 17.3 Å². The van der Waals surface area contributed by atoms with Gasteiger partial charge in [0, 0.05) is 17.8 Å². The summed E-state index contributed by atoms with van der Waals surface area (Å²) in [5.74, 6) is 1.15. The number of anilines is 1. The van der Waals surface area contributed by atoms with E-state index < -0.39 is 0 Å². The van der Waals surface area contributed by atoms with Crippen LogP contribution < -0.4 is 10.1 Å². The van der Waals surface area contributed by atoms with Crippen LogP contribution in [-0.4, -0.2) is 38.2 Å². The standard InChI is InChI=1S/C17H13ClN6O2/c1-26-14-3-2-9(6-10(14)18)17(25)22-15-7-12(23-24-15)16-20-11-4-5-19-8-13(11)21-16/h2-8H,1H3,(H,20,21)(H2,22,23,24,25). The van der Waals surface area contributed by atoms with E-state index in [2.05, 4.69) is 30.5 Å². The average Bonchev–Trinajstić information content (AvgIpc) is 3.28. The fourth-order valence-electron chi connectivity index (χ4n) is 2.49. The van der Waals surface area contributed by atoms with E-state index in [0.29, 0.717) is 33.7 Å². The number of nitrogens with zero attached hydrogens (tertiary/aromatic N) is 3. The highest BCUT2D eigenvalue weighted by Crippen LogP contribution is 2.25. The van der Waals surface area contributed by atoms with Crippen molar-refractivity contribution in [3.63, 3.8) is 0 Å². The first kappa shape index (κ1) is 16.1. The summed E-state index contributed by atoms with van der Waals surface area (Å²) in [6.07, 6.45) is 3.36. The van der Waals surface area contributed by atoms with E-state index in [9.17, 15) is 4.79 Å². The van der Waals surface area contributed by atoms with Gasteiger partial charge in [-0.15, -0.1) is 0 Å². The molecule has 0 radical (unpaired) electrons. The van der Waals surface area contributed by atoms with Gasteiger partial charge in [-0.05, 0) is 24.3 Å². The fraction of sp³-hybridized carbons (Fsp3) is 0.0588. The molecule has 3 heterocycles. The molecule has 0 aliphatic heterocycles. The van der Waals surface area contributed by atoms with E-state index in [1.165, 1.54) is 13.2 Å². The molecular weight excluding hydrogens is 356 g/mol. The van der Waals surface area contributed by atoms with Crippen LogP contribution in [0.1, 0.15) is 10.4 Å². The lowest BCUT2D eigenvalue weighted by Crippen LogP contribution is -2.12. The normalized spacial score (nSPS) is 10.8. The van der Waals surface area contributed by atoms with Crippen LogP contribution in [0.2, 0.25) is 5.02 Å². The highest BCUT2D eigenvalue weighted by atomic mass is 35.5. The number of carbonyl (C=O) groups excluding carboxylic acids is 1. The van der Waals surface area contributed by atoms with Crippen molar-refractivity contribution in [2.24, 2.45) is 0 Å². The zero-order valence-corrected chi connectivity index (χ0v) is 14.3. The number of pyridine rings is 1. The Morgan fingerprint density at radius 2 is 2.15 bits per heavy atom. The van der Waals surface area contributed by atoms with Gasteiger partial charge in [0.1, 0.15) is 11.4 Å². The van der Waals surface area contributed by atoms with Crippen molar-refractivity contribution in [1.29, 1.82) is 0 Å². The molecule has 0 aliphatic rings. The number of H-pyrrole nitrogens is 2. The van der Waals surface area contributed by atoms with E-state index >= 15 is 0 Å². The number of ether oxygens (including phenoxy) is 1. The number of imidazole rings is 1. The minimum atomic E-state index is -0.332. The van der Waals surface area contributed by atoms with E-state index in [1.54, 1.807) is 30.6 Å². The van der Waals surface area contributed by atoms with Gasteiger partial charge in [-0.2, -0.15) is 5.10 Å². The zero-order chi connectivity index (χ0) is 18.1. The SMILES string of the molecule is COc1ccc(C(=O)Nc2cc(-c3nc4ccncc4[nH]3)[nH]n2)cc1Cl. The van der Waals surface area contributed by atoms with Crippen molar-refractivity contribution in [1.82, 2.24) is 25.1 Å². The second-order valence-corrected chi connectivity index (χ2v) is 5.86. The second-order valence-electron chi connectivity index (χ2n) is 5.45. The number of fused-ring (bicyclic) bond motifs is 1. The Kier molecular flexibility index (Phi) is 4.02. The molecule has 0 saturated heterocycles. The summed E-state index contributed by atoms with van der Waals surface area (Å²) in [5, 5.41) is 10.0. The Hall–Kier alpha value is -3.39. The number of nitrogens with one attached hydrogen (secondary N) is 3. The number of rotatable bonds is 4. The second kappa shape index (κ2) is 6.49. The molecule has 0 bridgehead atoms. The van der Waals surface area contributed by atoms with Gasteiger partial charge in [0.15, 0.2) is 11.6 Å². The molecule has 0 saturated carbocycles. The molecule has 0 unspecified atom stereocenters. The summed E-state index contributed by atoms with van der Waals surface area (Å²) < 4.78 is 5.08. The number of halogens is 1. The summed E-state index contributed by atoms with van der Waals surface area (Å²) >= 11 is 6.06. The number of methoxy groups -OCH3 is 1. The molecule has 0 atom stereocenters. The molecule has 130 valence electrons.